The van der Waals surface area contributed by atoms with Crippen molar-refractivity contribution in [1.29, 1.82) is 0 Å². The molecule has 1 aromatic heterocycles. The molecule has 0 radical (unpaired) electrons. The van der Waals surface area contributed by atoms with Crippen molar-refractivity contribution in [1.82, 2.24) is 9.97 Å². The number of halogens is 3. The average molecular weight is 322 g/mol. The summed E-state index contributed by atoms with van der Waals surface area (Å²) in [6.07, 6.45) is 0. The molecule has 2 N–H and O–H groups in total. The van der Waals surface area contributed by atoms with Crippen LogP contribution in [0.1, 0.15) is 5.69 Å². The molecular formula is C15H10Cl2FN3. The van der Waals surface area contributed by atoms with Gasteiger partial charge in [0.25, 0.3) is 0 Å². The molecule has 106 valence electrons. The second-order valence-electron chi connectivity index (χ2n) is 4.45. The van der Waals surface area contributed by atoms with Crippen LogP contribution in [0, 0.1) is 5.82 Å². The highest BCUT2D eigenvalue weighted by atomic mass is 35.5. The second kappa shape index (κ2) is 5.56. The highest BCUT2D eigenvalue weighted by Crippen LogP contribution is 2.31. The Kier molecular flexibility index (Phi) is 3.76. The molecule has 0 amide bonds. The molecule has 2 aromatic carbocycles. The average Bonchev–Trinajstić information content (AvgIpc) is 2.49. The summed E-state index contributed by atoms with van der Waals surface area (Å²) in [5.74, 6) is -0.404. The molecule has 0 unspecified atom stereocenters. The lowest BCUT2D eigenvalue weighted by atomic mass is 10.1. The van der Waals surface area contributed by atoms with E-state index in [-0.39, 0.29) is 6.54 Å². The van der Waals surface area contributed by atoms with Gasteiger partial charge in [-0.3, -0.25) is 0 Å². The van der Waals surface area contributed by atoms with Gasteiger partial charge in [-0.1, -0.05) is 29.3 Å². The lowest BCUT2D eigenvalue weighted by Crippen LogP contribution is -2.05. The largest absolute Gasteiger partial charge is 0.325 e. The Morgan fingerprint density at radius 1 is 1.05 bits per heavy atom. The van der Waals surface area contributed by atoms with Gasteiger partial charge < -0.3 is 5.73 Å². The van der Waals surface area contributed by atoms with E-state index in [1.807, 2.05) is 0 Å². The molecule has 0 atom stereocenters. The number of fused-ring (bicyclic) bond motifs is 1. The van der Waals surface area contributed by atoms with Gasteiger partial charge in [-0.2, -0.15) is 0 Å². The number of nitrogens with zero attached hydrogens (tertiary/aromatic N) is 2. The standard InChI is InChI=1S/C15H10Cl2FN3/c16-10-5-4-8(18)6-9(10)14-13(7-19)20-12-3-1-2-11(17)15(12)21-14/h1-6H,7,19H2. The summed E-state index contributed by atoms with van der Waals surface area (Å²) in [4.78, 5) is 8.94. The predicted octanol–water partition coefficient (Wildman–Crippen LogP) is 4.20. The van der Waals surface area contributed by atoms with Gasteiger partial charge in [0.05, 0.1) is 26.9 Å². The van der Waals surface area contributed by atoms with Crippen molar-refractivity contribution in [2.45, 2.75) is 6.54 Å². The van der Waals surface area contributed by atoms with E-state index in [9.17, 15) is 4.39 Å². The van der Waals surface area contributed by atoms with E-state index < -0.39 is 5.82 Å². The lowest BCUT2D eigenvalue weighted by molar-refractivity contribution is 0.628. The number of nitrogens with two attached hydrogens (primary N) is 1. The maximum atomic E-state index is 13.5. The molecule has 1 heterocycles. The number of hydrogen-bond donors (Lipinski definition) is 1. The van der Waals surface area contributed by atoms with Crippen molar-refractivity contribution >= 4 is 34.2 Å². The first-order chi connectivity index (χ1) is 10.1. The van der Waals surface area contributed by atoms with Crippen molar-refractivity contribution in [2.24, 2.45) is 5.73 Å². The highest BCUT2D eigenvalue weighted by molar-refractivity contribution is 6.35. The predicted molar refractivity (Wildman–Crippen MR) is 82.8 cm³/mol. The highest BCUT2D eigenvalue weighted by Gasteiger charge is 2.15. The molecule has 21 heavy (non-hydrogen) atoms. The molecule has 3 rings (SSSR count). The smallest absolute Gasteiger partial charge is 0.123 e. The Morgan fingerprint density at radius 2 is 1.86 bits per heavy atom. The number of hydrogen-bond acceptors (Lipinski definition) is 3. The van der Waals surface area contributed by atoms with Crippen LogP contribution in [0.25, 0.3) is 22.3 Å². The minimum absolute atomic E-state index is 0.164. The van der Waals surface area contributed by atoms with Crippen molar-refractivity contribution in [3.05, 3.63) is 58.0 Å². The summed E-state index contributed by atoms with van der Waals surface area (Å²) in [7, 11) is 0. The number of rotatable bonds is 2. The van der Waals surface area contributed by atoms with Crippen LogP contribution in [-0.4, -0.2) is 9.97 Å². The first kappa shape index (κ1) is 14.2. The fraction of sp³-hybridized carbons (Fsp3) is 0.0667. The van der Waals surface area contributed by atoms with Crippen LogP contribution in [-0.2, 0) is 6.54 Å². The Balaban J connectivity index is 2.35. The second-order valence-corrected chi connectivity index (χ2v) is 5.27. The molecule has 3 nitrogen and oxygen atoms in total. The number of benzene rings is 2. The molecule has 3 aromatic rings. The zero-order valence-electron chi connectivity index (χ0n) is 10.8. The van der Waals surface area contributed by atoms with E-state index in [1.165, 1.54) is 18.2 Å². The van der Waals surface area contributed by atoms with Gasteiger partial charge >= 0.3 is 0 Å². The van der Waals surface area contributed by atoms with Crippen molar-refractivity contribution < 1.29 is 4.39 Å². The van der Waals surface area contributed by atoms with Crippen LogP contribution in [0.2, 0.25) is 10.0 Å². The van der Waals surface area contributed by atoms with Gasteiger partial charge in [0, 0.05) is 12.1 Å². The minimum atomic E-state index is -0.404. The minimum Gasteiger partial charge on any atom is -0.325 e. The molecular weight excluding hydrogens is 312 g/mol. The number of para-hydroxylation sites is 1. The molecule has 0 saturated carbocycles. The quantitative estimate of drug-likeness (QED) is 0.769. The molecule has 6 heteroatoms. The first-order valence-corrected chi connectivity index (χ1v) is 6.96. The zero-order valence-corrected chi connectivity index (χ0v) is 12.3. The van der Waals surface area contributed by atoms with Gasteiger partial charge in [-0.15, -0.1) is 0 Å². The third kappa shape index (κ3) is 2.58. The molecule has 0 spiro atoms. The Hall–Kier alpha value is -1.75. The van der Waals surface area contributed by atoms with Crippen LogP contribution in [0.5, 0.6) is 0 Å². The van der Waals surface area contributed by atoms with E-state index >= 15 is 0 Å². The van der Waals surface area contributed by atoms with Crippen LogP contribution in [0.3, 0.4) is 0 Å². The van der Waals surface area contributed by atoms with Gasteiger partial charge in [-0.05, 0) is 30.3 Å². The third-order valence-electron chi connectivity index (χ3n) is 3.09. The summed E-state index contributed by atoms with van der Waals surface area (Å²) < 4.78 is 13.5. The van der Waals surface area contributed by atoms with Crippen molar-refractivity contribution in [2.75, 3.05) is 0 Å². The summed E-state index contributed by atoms with van der Waals surface area (Å²) in [5, 5.41) is 0.851. The van der Waals surface area contributed by atoms with E-state index in [0.29, 0.717) is 38.0 Å². The van der Waals surface area contributed by atoms with Crippen LogP contribution in [0.15, 0.2) is 36.4 Å². The zero-order chi connectivity index (χ0) is 15.0. The van der Waals surface area contributed by atoms with Crippen molar-refractivity contribution in [3.8, 4) is 11.3 Å². The van der Waals surface area contributed by atoms with Crippen LogP contribution >= 0.6 is 23.2 Å². The van der Waals surface area contributed by atoms with Crippen molar-refractivity contribution in [3.63, 3.8) is 0 Å². The first-order valence-electron chi connectivity index (χ1n) is 6.21. The maximum absolute atomic E-state index is 13.5. The third-order valence-corrected chi connectivity index (χ3v) is 3.73. The van der Waals surface area contributed by atoms with Crippen LogP contribution < -0.4 is 5.73 Å². The molecule has 0 aliphatic heterocycles. The maximum Gasteiger partial charge on any atom is 0.123 e. The SMILES string of the molecule is NCc1nc2cccc(Cl)c2nc1-c1cc(F)ccc1Cl. The monoisotopic (exact) mass is 321 g/mol. The normalized spacial score (nSPS) is 11.0. The molecule has 0 aliphatic carbocycles. The summed E-state index contributed by atoms with van der Waals surface area (Å²) in [6.45, 7) is 0.164. The Morgan fingerprint density at radius 3 is 2.62 bits per heavy atom. The molecule has 0 bridgehead atoms. The van der Waals surface area contributed by atoms with E-state index in [1.54, 1.807) is 18.2 Å². The Labute approximate surface area is 130 Å². The van der Waals surface area contributed by atoms with Gasteiger partial charge in [0.1, 0.15) is 11.3 Å². The summed E-state index contributed by atoms with van der Waals surface area (Å²) in [6, 6.07) is 9.38. The Bertz CT molecular complexity index is 837. The fourth-order valence-electron chi connectivity index (χ4n) is 2.12. The lowest BCUT2D eigenvalue weighted by Gasteiger charge is -2.10. The van der Waals surface area contributed by atoms with Gasteiger partial charge in [-0.25, -0.2) is 14.4 Å². The summed E-state index contributed by atoms with van der Waals surface area (Å²) >= 11 is 12.3. The fourth-order valence-corrected chi connectivity index (χ4v) is 2.54. The molecule has 0 saturated heterocycles. The molecule has 0 fully saturated rings. The van der Waals surface area contributed by atoms with Gasteiger partial charge in [0.15, 0.2) is 0 Å². The van der Waals surface area contributed by atoms with E-state index in [0.717, 1.165) is 0 Å². The number of aromatic nitrogens is 2. The van der Waals surface area contributed by atoms with Gasteiger partial charge in [0.2, 0.25) is 0 Å². The van der Waals surface area contributed by atoms with E-state index in [4.69, 9.17) is 28.9 Å². The molecule has 0 aliphatic rings. The van der Waals surface area contributed by atoms with Crippen LogP contribution in [0.4, 0.5) is 4.39 Å². The topological polar surface area (TPSA) is 51.8 Å². The van der Waals surface area contributed by atoms with E-state index in [2.05, 4.69) is 9.97 Å². The summed E-state index contributed by atoms with van der Waals surface area (Å²) in [5.41, 5.74) is 8.34.